The Bertz CT molecular complexity index is 742. The van der Waals surface area contributed by atoms with E-state index in [4.69, 9.17) is 28.8 Å². The Morgan fingerprint density at radius 2 is 0.782 bits per heavy atom. The molecule has 0 rings (SSSR count). The second-order valence-electron chi connectivity index (χ2n) is 16.0. The molecule has 0 aromatic carbocycles. The number of nitrogens with zero attached hydrogens (tertiary/aromatic N) is 1. The van der Waals surface area contributed by atoms with Crippen LogP contribution in [0.1, 0.15) is 207 Å². The lowest BCUT2D eigenvalue weighted by atomic mass is 9.95. The number of unbranched alkanes of at least 4 members (excludes halogenated alkanes) is 18. The largest absolute Gasteiger partial charge is 0.508 e. The topological polar surface area (TPSA) is 104 Å². The van der Waals surface area contributed by atoms with Crippen LogP contribution >= 0.6 is 0 Å². The van der Waals surface area contributed by atoms with Crippen LogP contribution in [0.2, 0.25) is 0 Å². The fraction of sp³-hybridized carbons (Fsp3) is 0.957. The van der Waals surface area contributed by atoms with Gasteiger partial charge in [0.2, 0.25) is 0 Å². The third-order valence-corrected chi connectivity index (χ3v) is 10.7. The molecule has 0 saturated heterocycles. The van der Waals surface area contributed by atoms with Gasteiger partial charge in [0.1, 0.15) is 0 Å². The van der Waals surface area contributed by atoms with Crippen LogP contribution < -0.4 is 0 Å². The summed E-state index contributed by atoms with van der Waals surface area (Å²) in [6, 6.07) is 0. The van der Waals surface area contributed by atoms with Crippen molar-refractivity contribution in [3.63, 3.8) is 0 Å². The summed E-state index contributed by atoms with van der Waals surface area (Å²) < 4.78 is 27.6. The molecule has 0 aliphatic carbocycles. The molecule has 2 atom stereocenters. The fourth-order valence-electron chi connectivity index (χ4n) is 7.11. The van der Waals surface area contributed by atoms with Crippen molar-refractivity contribution >= 4 is 12.3 Å². The Hall–Kier alpha value is -1.58. The van der Waals surface area contributed by atoms with Gasteiger partial charge in [0, 0.05) is 6.54 Å². The third kappa shape index (κ3) is 39.0. The zero-order chi connectivity index (χ0) is 40.3. The summed E-state index contributed by atoms with van der Waals surface area (Å²) >= 11 is 0. The van der Waals surface area contributed by atoms with Crippen molar-refractivity contribution in [2.75, 3.05) is 65.9 Å². The van der Waals surface area contributed by atoms with Crippen molar-refractivity contribution in [1.29, 1.82) is 0 Å². The monoisotopic (exact) mass is 786 g/mol. The van der Waals surface area contributed by atoms with E-state index in [1.165, 1.54) is 128 Å². The van der Waals surface area contributed by atoms with E-state index >= 15 is 0 Å². The van der Waals surface area contributed by atoms with Crippen LogP contribution in [0, 0.1) is 11.8 Å². The maximum absolute atomic E-state index is 12.4. The Labute approximate surface area is 340 Å². The lowest BCUT2D eigenvalue weighted by molar-refractivity contribution is 0.0394. The van der Waals surface area contributed by atoms with Gasteiger partial charge in [-0.2, -0.15) is 0 Å². The number of ether oxygens (including phenoxy) is 5. The zero-order valence-electron chi connectivity index (χ0n) is 36.8. The summed E-state index contributed by atoms with van der Waals surface area (Å²) in [6.45, 7) is 13.9. The molecule has 55 heavy (non-hydrogen) atoms. The van der Waals surface area contributed by atoms with Gasteiger partial charge >= 0.3 is 12.3 Å². The van der Waals surface area contributed by atoms with Gasteiger partial charge in [0.05, 0.1) is 46.2 Å². The van der Waals surface area contributed by atoms with Gasteiger partial charge in [-0.05, 0) is 76.3 Å². The van der Waals surface area contributed by atoms with E-state index in [0.717, 1.165) is 71.0 Å². The Kier molecular flexibility index (Phi) is 42.3. The first kappa shape index (κ1) is 53.4. The molecule has 1 N–H and O–H groups in total. The standard InChI is InChI=1S/C46H91NO8/c1-5-9-13-17-19-23-31-43(29-21-15-11-7-3)41-54-45(49)52-37-27-25-33-47(35-39-51-40-36-48)34-26-28-38-53-46(50)55-42-44(30-22-16-12-8-4)32-24-20-18-14-10-6-2/h43-44,48H,5-42H2,1-4H3. The smallest absolute Gasteiger partial charge is 0.434 e. The highest BCUT2D eigenvalue weighted by Gasteiger charge is 2.15. The Balaban J connectivity index is 4.45. The van der Waals surface area contributed by atoms with Gasteiger partial charge in [0.25, 0.3) is 0 Å². The predicted molar refractivity (Wildman–Crippen MR) is 228 cm³/mol. The van der Waals surface area contributed by atoms with Crippen LogP contribution in [0.5, 0.6) is 0 Å². The number of aliphatic hydroxyl groups excluding tert-OH is 1. The maximum Gasteiger partial charge on any atom is 0.508 e. The van der Waals surface area contributed by atoms with Crippen LogP contribution in [0.3, 0.4) is 0 Å². The highest BCUT2D eigenvalue weighted by molar-refractivity contribution is 5.60. The van der Waals surface area contributed by atoms with Gasteiger partial charge in [-0.1, -0.05) is 156 Å². The van der Waals surface area contributed by atoms with Crippen LogP contribution in [0.15, 0.2) is 0 Å². The molecular formula is C46H91NO8. The van der Waals surface area contributed by atoms with Crippen LogP contribution in [0.25, 0.3) is 0 Å². The second-order valence-corrected chi connectivity index (χ2v) is 16.0. The molecule has 0 aliphatic heterocycles. The van der Waals surface area contributed by atoms with E-state index < -0.39 is 12.3 Å². The van der Waals surface area contributed by atoms with Crippen molar-refractivity contribution in [2.45, 2.75) is 207 Å². The number of carbonyl (C=O) groups excluding carboxylic acids is 2. The van der Waals surface area contributed by atoms with Gasteiger partial charge in [-0.15, -0.1) is 0 Å². The molecule has 0 aromatic heterocycles. The summed E-state index contributed by atoms with van der Waals surface area (Å²) in [6.07, 6.45) is 31.9. The van der Waals surface area contributed by atoms with Gasteiger partial charge in [-0.25, -0.2) is 9.59 Å². The normalized spacial score (nSPS) is 12.5. The average Bonchev–Trinajstić information content (AvgIpc) is 3.19. The molecule has 2 unspecified atom stereocenters. The molecule has 9 heteroatoms. The molecule has 0 saturated carbocycles. The molecule has 328 valence electrons. The first-order valence-corrected chi connectivity index (χ1v) is 23.5. The number of hydrogen-bond acceptors (Lipinski definition) is 9. The van der Waals surface area contributed by atoms with Crippen molar-refractivity contribution in [3.8, 4) is 0 Å². The van der Waals surface area contributed by atoms with Gasteiger partial charge in [0.15, 0.2) is 0 Å². The number of aliphatic hydroxyl groups is 1. The second kappa shape index (κ2) is 43.5. The number of rotatable bonds is 43. The SMILES string of the molecule is CCCCCCCCC(CCCCCC)COC(=O)OCCCCN(CCCCOC(=O)OCC(CCCCCC)CCCCCCCC)CCOCCO. The van der Waals surface area contributed by atoms with Gasteiger partial charge < -0.3 is 33.7 Å². The van der Waals surface area contributed by atoms with E-state index in [1.54, 1.807) is 0 Å². The predicted octanol–water partition coefficient (Wildman–Crippen LogP) is 12.8. The highest BCUT2D eigenvalue weighted by Crippen LogP contribution is 2.21. The van der Waals surface area contributed by atoms with Gasteiger partial charge in [-0.3, -0.25) is 0 Å². The van der Waals surface area contributed by atoms with E-state index in [0.29, 0.717) is 51.5 Å². The quantitative estimate of drug-likeness (QED) is 0.0478. The van der Waals surface area contributed by atoms with Crippen molar-refractivity contribution in [3.05, 3.63) is 0 Å². The summed E-state index contributed by atoms with van der Waals surface area (Å²) in [7, 11) is 0. The first-order chi connectivity index (χ1) is 27.0. The summed E-state index contributed by atoms with van der Waals surface area (Å²) in [4.78, 5) is 27.1. The minimum Gasteiger partial charge on any atom is -0.434 e. The molecule has 0 aromatic rings. The molecule has 0 heterocycles. The first-order valence-electron chi connectivity index (χ1n) is 23.5. The van der Waals surface area contributed by atoms with E-state index in [9.17, 15) is 9.59 Å². The van der Waals surface area contributed by atoms with E-state index in [-0.39, 0.29) is 6.61 Å². The molecule has 0 amide bonds. The zero-order valence-corrected chi connectivity index (χ0v) is 36.8. The molecule has 0 aliphatic rings. The minimum absolute atomic E-state index is 0.0121. The third-order valence-electron chi connectivity index (χ3n) is 10.7. The molecule has 9 nitrogen and oxygen atoms in total. The molecule has 0 bridgehead atoms. The van der Waals surface area contributed by atoms with E-state index in [2.05, 4.69) is 32.6 Å². The lowest BCUT2D eigenvalue weighted by Gasteiger charge is -2.22. The summed E-state index contributed by atoms with van der Waals surface area (Å²) in [5, 5.41) is 9.08. The fourth-order valence-corrected chi connectivity index (χ4v) is 7.11. The summed E-state index contributed by atoms with van der Waals surface area (Å²) in [5.41, 5.74) is 0. The number of hydrogen-bond donors (Lipinski definition) is 1. The molecule has 0 spiro atoms. The van der Waals surface area contributed by atoms with Crippen LogP contribution in [-0.4, -0.2) is 88.2 Å². The Morgan fingerprint density at radius 3 is 1.16 bits per heavy atom. The van der Waals surface area contributed by atoms with Crippen molar-refractivity contribution in [2.24, 2.45) is 11.8 Å². The van der Waals surface area contributed by atoms with E-state index in [1.807, 2.05) is 0 Å². The highest BCUT2D eigenvalue weighted by atomic mass is 16.7. The maximum atomic E-state index is 12.4. The number of carbonyl (C=O) groups is 2. The molecular weight excluding hydrogens is 695 g/mol. The van der Waals surface area contributed by atoms with Crippen molar-refractivity contribution < 1.29 is 38.4 Å². The molecule has 0 fully saturated rings. The van der Waals surface area contributed by atoms with Crippen LogP contribution in [-0.2, 0) is 23.7 Å². The average molecular weight is 786 g/mol. The minimum atomic E-state index is -0.547. The lowest BCUT2D eigenvalue weighted by Crippen LogP contribution is -2.30. The molecule has 0 radical (unpaired) electrons. The van der Waals surface area contributed by atoms with Crippen molar-refractivity contribution in [1.82, 2.24) is 4.90 Å². The summed E-state index contributed by atoms with van der Waals surface area (Å²) in [5.74, 6) is 0.843. The Morgan fingerprint density at radius 1 is 0.418 bits per heavy atom. The van der Waals surface area contributed by atoms with Crippen LogP contribution in [0.4, 0.5) is 9.59 Å².